The molecule has 0 fully saturated rings. The molecule has 0 radical (unpaired) electrons. The molecule has 0 saturated carbocycles. The smallest absolute Gasteiger partial charge is 0.331 e. The predicted molar refractivity (Wildman–Crippen MR) is 108 cm³/mol. The zero-order valence-corrected chi connectivity index (χ0v) is 17.1. The molecule has 0 amide bonds. The van der Waals surface area contributed by atoms with Crippen molar-refractivity contribution in [2.45, 2.75) is 46.6 Å². The van der Waals surface area contributed by atoms with Crippen molar-refractivity contribution < 1.29 is 24.2 Å². The molecule has 1 aliphatic carbocycles. The molecule has 0 bridgehead atoms. The topological polar surface area (TPSA) is 72.8 Å². The lowest BCUT2D eigenvalue weighted by atomic mass is 9.77. The number of hydrogen-bond donors (Lipinski definition) is 1. The fraction of sp³-hybridized carbons (Fsp3) is 0.391. The number of rotatable bonds is 6. The van der Waals surface area contributed by atoms with Gasteiger partial charge in [0.05, 0.1) is 12.9 Å². The summed E-state index contributed by atoms with van der Waals surface area (Å²) in [4.78, 5) is 24.3. The highest BCUT2D eigenvalue weighted by molar-refractivity contribution is 6.05. The second kappa shape index (κ2) is 9.02. The molecule has 2 atom stereocenters. The maximum Gasteiger partial charge on any atom is 0.331 e. The molecule has 1 aliphatic heterocycles. The maximum absolute atomic E-state index is 12.4. The summed E-state index contributed by atoms with van der Waals surface area (Å²) in [6, 6.07) is 0. The van der Waals surface area contributed by atoms with E-state index in [1.807, 2.05) is 19.1 Å². The molecule has 0 aromatic carbocycles. The number of aliphatic hydroxyl groups is 1. The molecular weight excluding hydrogens is 356 g/mol. The maximum atomic E-state index is 12.4. The summed E-state index contributed by atoms with van der Waals surface area (Å²) in [5.74, 6) is -0.0525. The molecule has 0 aromatic rings. The van der Waals surface area contributed by atoms with E-state index in [1.165, 1.54) is 19.3 Å². The molecule has 2 rings (SSSR count). The first-order chi connectivity index (χ1) is 13.2. The number of hydrogen-bond acceptors (Lipinski definition) is 5. The SMILES string of the molecule is CCOC(=O)/C=C1\C2=COC(/C=C/C(C)=C/[C@@H](C)CC)=CC2=CC(=O)C1(C)O. The van der Waals surface area contributed by atoms with Crippen LogP contribution in [0.25, 0.3) is 0 Å². The highest BCUT2D eigenvalue weighted by Gasteiger charge is 2.41. The van der Waals surface area contributed by atoms with Gasteiger partial charge in [0.1, 0.15) is 11.4 Å². The van der Waals surface area contributed by atoms with Gasteiger partial charge < -0.3 is 14.6 Å². The number of esters is 1. The normalized spacial score (nSPS) is 24.9. The number of allylic oxidation sites excluding steroid dienone is 6. The van der Waals surface area contributed by atoms with Crippen LogP contribution >= 0.6 is 0 Å². The van der Waals surface area contributed by atoms with Crippen molar-refractivity contribution in [3.05, 3.63) is 70.8 Å². The van der Waals surface area contributed by atoms with E-state index in [0.29, 0.717) is 22.8 Å². The molecule has 150 valence electrons. The molecule has 0 aromatic heterocycles. The number of carbonyl (C=O) groups excluding carboxylic acids is 2. The Morgan fingerprint density at radius 2 is 2.07 bits per heavy atom. The minimum Gasteiger partial charge on any atom is -0.464 e. The average Bonchev–Trinajstić information content (AvgIpc) is 2.64. The zero-order chi connectivity index (χ0) is 20.9. The van der Waals surface area contributed by atoms with E-state index in [4.69, 9.17) is 9.47 Å². The van der Waals surface area contributed by atoms with Gasteiger partial charge in [-0.2, -0.15) is 0 Å². The van der Waals surface area contributed by atoms with Gasteiger partial charge in [-0.25, -0.2) is 4.79 Å². The summed E-state index contributed by atoms with van der Waals surface area (Å²) < 4.78 is 10.6. The Kier molecular flexibility index (Phi) is 6.97. The lowest BCUT2D eigenvalue weighted by Gasteiger charge is -2.32. The minimum atomic E-state index is -1.82. The van der Waals surface area contributed by atoms with Crippen molar-refractivity contribution >= 4 is 11.8 Å². The van der Waals surface area contributed by atoms with E-state index in [0.717, 1.165) is 18.1 Å². The van der Waals surface area contributed by atoms with Crippen LogP contribution in [0.4, 0.5) is 0 Å². The van der Waals surface area contributed by atoms with Crippen LogP contribution in [-0.4, -0.2) is 29.1 Å². The second-order valence-electron chi connectivity index (χ2n) is 7.17. The van der Waals surface area contributed by atoms with Crippen molar-refractivity contribution in [3.8, 4) is 0 Å². The van der Waals surface area contributed by atoms with Crippen LogP contribution < -0.4 is 0 Å². The van der Waals surface area contributed by atoms with Crippen LogP contribution in [0.15, 0.2) is 70.8 Å². The molecule has 28 heavy (non-hydrogen) atoms. The highest BCUT2D eigenvalue weighted by Crippen LogP contribution is 2.38. The van der Waals surface area contributed by atoms with Gasteiger partial charge in [-0.05, 0) is 50.5 Å². The van der Waals surface area contributed by atoms with Crippen molar-refractivity contribution in [2.75, 3.05) is 6.61 Å². The largest absolute Gasteiger partial charge is 0.464 e. The summed E-state index contributed by atoms with van der Waals surface area (Å²) in [7, 11) is 0. The Balaban J connectivity index is 2.33. The monoisotopic (exact) mass is 384 g/mol. The molecule has 2 aliphatic rings. The van der Waals surface area contributed by atoms with Crippen LogP contribution in [0, 0.1) is 5.92 Å². The number of fused-ring (bicyclic) bond motifs is 1. The van der Waals surface area contributed by atoms with Gasteiger partial charge in [0.25, 0.3) is 0 Å². The van der Waals surface area contributed by atoms with Crippen molar-refractivity contribution in [3.63, 3.8) is 0 Å². The van der Waals surface area contributed by atoms with Crippen molar-refractivity contribution in [2.24, 2.45) is 5.92 Å². The fourth-order valence-corrected chi connectivity index (χ4v) is 2.92. The first-order valence-corrected chi connectivity index (χ1v) is 9.52. The third-order valence-corrected chi connectivity index (χ3v) is 4.75. The van der Waals surface area contributed by atoms with Gasteiger partial charge in [-0.15, -0.1) is 0 Å². The van der Waals surface area contributed by atoms with E-state index < -0.39 is 17.4 Å². The van der Waals surface area contributed by atoms with Crippen LogP contribution in [0.2, 0.25) is 0 Å². The van der Waals surface area contributed by atoms with Crippen LogP contribution in [0.1, 0.15) is 41.0 Å². The zero-order valence-electron chi connectivity index (χ0n) is 17.1. The third kappa shape index (κ3) is 4.98. The summed E-state index contributed by atoms with van der Waals surface area (Å²) in [5, 5.41) is 10.6. The van der Waals surface area contributed by atoms with Gasteiger partial charge in [-0.3, -0.25) is 4.79 Å². The van der Waals surface area contributed by atoms with Crippen LogP contribution in [0.3, 0.4) is 0 Å². The second-order valence-corrected chi connectivity index (χ2v) is 7.17. The van der Waals surface area contributed by atoms with E-state index in [1.54, 1.807) is 13.0 Å². The molecule has 0 spiro atoms. The standard InChI is InChI=1S/C23H28O5/c1-6-15(3)10-16(4)8-9-18-11-17-12-21(24)23(5,26)20(19(17)14-28-18)13-22(25)27-7-2/h8-15,26H,6-7H2,1-5H3/b9-8+,16-10+,20-13+/t15-,23?/m0/s1. The first kappa shape index (κ1) is 21.6. The molecule has 1 heterocycles. The van der Waals surface area contributed by atoms with E-state index in [2.05, 4.69) is 19.9 Å². The van der Waals surface area contributed by atoms with Gasteiger partial charge in [0.2, 0.25) is 0 Å². The van der Waals surface area contributed by atoms with Crippen LogP contribution in [0.5, 0.6) is 0 Å². The lowest BCUT2D eigenvalue weighted by Crippen LogP contribution is -2.40. The fourth-order valence-electron chi connectivity index (χ4n) is 2.92. The molecule has 1 unspecified atom stereocenters. The first-order valence-electron chi connectivity index (χ1n) is 9.52. The van der Waals surface area contributed by atoms with Gasteiger partial charge in [-0.1, -0.05) is 38.0 Å². The Hall–Kier alpha value is -2.66. The van der Waals surface area contributed by atoms with Gasteiger partial charge >= 0.3 is 5.97 Å². The van der Waals surface area contributed by atoms with Gasteiger partial charge in [0, 0.05) is 17.2 Å². The summed E-state index contributed by atoms with van der Waals surface area (Å²) in [6.07, 6.45) is 12.7. The number of ketones is 1. The Morgan fingerprint density at radius 3 is 2.71 bits per heavy atom. The van der Waals surface area contributed by atoms with Gasteiger partial charge in [0.15, 0.2) is 5.78 Å². The molecule has 5 heteroatoms. The van der Waals surface area contributed by atoms with Crippen molar-refractivity contribution in [1.82, 2.24) is 0 Å². The van der Waals surface area contributed by atoms with E-state index >= 15 is 0 Å². The molecule has 1 N–H and O–H groups in total. The Bertz CT molecular complexity index is 831. The van der Waals surface area contributed by atoms with E-state index in [9.17, 15) is 14.7 Å². The summed E-state index contributed by atoms with van der Waals surface area (Å²) in [5.41, 5.74) is 0.541. The minimum absolute atomic E-state index is 0.167. The highest BCUT2D eigenvalue weighted by atomic mass is 16.5. The predicted octanol–water partition coefficient (Wildman–Crippen LogP) is 4.08. The Labute approximate surface area is 166 Å². The molecule has 5 nitrogen and oxygen atoms in total. The van der Waals surface area contributed by atoms with E-state index in [-0.39, 0.29) is 12.2 Å². The lowest BCUT2D eigenvalue weighted by molar-refractivity contribution is -0.137. The van der Waals surface area contributed by atoms with Crippen LogP contribution in [-0.2, 0) is 19.1 Å². The molecule has 0 saturated heterocycles. The summed E-state index contributed by atoms with van der Waals surface area (Å²) in [6.45, 7) is 9.57. The number of carbonyl (C=O) groups is 2. The quantitative estimate of drug-likeness (QED) is 0.424. The molecular formula is C23H28O5. The summed E-state index contributed by atoms with van der Waals surface area (Å²) >= 11 is 0. The third-order valence-electron chi connectivity index (χ3n) is 4.75. The number of ether oxygens (including phenoxy) is 2. The van der Waals surface area contributed by atoms with Crippen molar-refractivity contribution in [1.29, 1.82) is 0 Å². The Morgan fingerprint density at radius 1 is 1.36 bits per heavy atom. The average molecular weight is 384 g/mol.